The van der Waals surface area contributed by atoms with Crippen LogP contribution in [0.2, 0.25) is 0 Å². The summed E-state index contributed by atoms with van der Waals surface area (Å²) in [5.74, 6) is 5.36. The number of nitrogens with one attached hydrogen (secondary N) is 1. The predicted molar refractivity (Wildman–Crippen MR) is 102 cm³/mol. The zero-order chi connectivity index (χ0) is 18.1. The molecule has 0 saturated heterocycles. The summed E-state index contributed by atoms with van der Waals surface area (Å²) in [4.78, 5) is 29.0. The minimum Gasteiger partial charge on any atom is -0.384 e. The summed E-state index contributed by atoms with van der Waals surface area (Å²) >= 11 is 0. The lowest BCUT2D eigenvalue weighted by atomic mass is 10.1. The first kappa shape index (κ1) is 20.5. The Hall–Kier alpha value is -2.56. The van der Waals surface area contributed by atoms with Gasteiger partial charge in [-0.3, -0.25) is 9.59 Å². The monoisotopic (exact) mass is 363 g/mol. The topological polar surface area (TPSA) is 116 Å². The van der Waals surface area contributed by atoms with Gasteiger partial charge >= 0.3 is 0 Å². The third-order valence-corrected chi connectivity index (χ3v) is 3.43. The second-order valence-electron chi connectivity index (χ2n) is 5.95. The molecule has 0 aromatic carbocycles. The quantitative estimate of drug-likeness (QED) is 0.684. The number of rotatable bonds is 2. The van der Waals surface area contributed by atoms with Crippen LogP contribution in [0.3, 0.4) is 0 Å². The number of nitrogens with two attached hydrogens (primary N) is 2. The fourth-order valence-corrected chi connectivity index (χ4v) is 2.29. The highest BCUT2D eigenvalue weighted by Gasteiger charge is 2.20. The van der Waals surface area contributed by atoms with Crippen molar-refractivity contribution in [1.29, 1.82) is 0 Å². The van der Waals surface area contributed by atoms with E-state index in [-0.39, 0.29) is 23.8 Å². The van der Waals surface area contributed by atoms with Crippen molar-refractivity contribution in [3.8, 4) is 11.8 Å². The van der Waals surface area contributed by atoms with E-state index in [9.17, 15) is 9.59 Å². The van der Waals surface area contributed by atoms with Gasteiger partial charge in [-0.1, -0.05) is 5.92 Å². The van der Waals surface area contributed by atoms with Crippen LogP contribution < -0.4 is 22.2 Å². The van der Waals surface area contributed by atoms with Gasteiger partial charge in [0, 0.05) is 13.6 Å². The number of nitrogens with zero attached hydrogens (tertiary/aromatic N) is 2. The van der Waals surface area contributed by atoms with Crippen molar-refractivity contribution in [3.63, 3.8) is 0 Å². The lowest BCUT2D eigenvalue weighted by Gasteiger charge is -2.15. The summed E-state index contributed by atoms with van der Waals surface area (Å²) < 4.78 is 1.63. The van der Waals surface area contributed by atoms with E-state index in [1.54, 1.807) is 30.5 Å². The van der Waals surface area contributed by atoms with Crippen LogP contribution in [0.5, 0.6) is 0 Å². The first-order valence-corrected chi connectivity index (χ1v) is 7.56. The number of hydrogen-bond donors (Lipinski definition) is 3. The smallest absolute Gasteiger partial charge is 0.258 e. The summed E-state index contributed by atoms with van der Waals surface area (Å²) in [6, 6.07) is 3.24. The van der Waals surface area contributed by atoms with Crippen molar-refractivity contribution in [3.05, 3.63) is 33.6 Å². The molecule has 0 aliphatic heterocycles. The van der Waals surface area contributed by atoms with Crippen LogP contribution in [-0.4, -0.2) is 28.0 Å². The van der Waals surface area contributed by atoms with Crippen LogP contribution in [0.4, 0.5) is 5.82 Å². The third kappa shape index (κ3) is 4.10. The van der Waals surface area contributed by atoms with E-state index in [4.69, 9.17) is 11.5 Å². The molecule has 0 aliphatic carbocycles. The maximum atomic E-state index is 12.6. The molecule has 2 aromatic heterocycles. The number of anilines is 1. The number of fused-ring (bicyclic) bond motifs is 1. The number of halogens is 1. The summed E-state index contributed by atoms with van der Waals surface area (Å²) in [5, 5.41) is 2.76. The molecular weight excluding hydrogens is 342 g/mol. The highest BCUT2D eigenvalue weighted by molar-refractivity contribution is 6.01. The number of hydrogen-bond acceptors (Lipinski definition) is 5. The van der Waals surface area contributed by atoms with Crippen LogP contribution in [0.25, 0.3) is 11.0 Å². The summed E-state index contributed by atoms with van der Waals surface area (Å²) in [7, 11) is 1.45. The molecule has 1 amide bonds. The molecule has 0 aliphatic rings. The number of carbonyl (C=O) groups is 1. The van der Waals surface area contributed by atoms with Crippen molar-refractivity contribution in [2.45, 2.75) is 32.9 Å². The Morgan fingerprint density at radius 3 is 2.56 bits per heavy atom. The normalized spacial score (nSPS) is 10.6. The Kier molecular flexibility index (Phi) is 6.19. The van der Waals surface area contributed by atoms with Crippen molar-refractivity contribution >= 4 is 35.2 Å². The molecule has 0 spiro atoms. The third-order valence-electron chi connectivity index (χ3n) is 3.43. The molecule has 8 heteroatoms. The summed E-state index contributed by atoms with van der Waals surface area (Å²) in [5.41, 5.74) is 11.6. The molecular formula is C17H22ClN5O2. The zero-order valence-electron chi connectivity index (χ0n) is 14.6. The van der Waals surface area contributed by atoms with Gasteiger partial charge in [-0.05, 0) is 38.8 Å². The number of pyridine rings is 2. The molecule has 0 radical (unpaired) electrons. The predicted octanol–water partition coefficient (Wildman–Crippen LogP) is 0.869. The molecule has 25 heavy (non-hydrogen) atoms. The molecule has 0 unspecified atom stereocenters. The SMILES string of the molecule is CCn1c(N)c(C(=O)NC)c(=O)c2ccc(C#CC(C)(C)N)nc21.Cl. The Balaban J connectivity index is 0.00000312. The van der Waals surface area contributed by atoms with Crippen LogP contribution in [0.15, 0.2) is 16.9 Å². The van der Waals surface area contributed by atoms with Gasteiger partial charge in [-0.15, -0.1) is 12.4 Å². The lowest BCUT2D eigenvalue weighted by molar-refractivity contribution is 0.0962. The minimum atomic E-state index is -0.650. The molecule has 7 nitrogen and oxygen atoms in total. The average Bonchev–Trinajstić information content (AvgIpc) is 2.52. The molecule has 0 atom stereocenters. The minimum absolute atomic E-state index is 0. The van der Waals surface area contributed by atoms with Gasteiger partial charge in [-0.2, -0.15) is 0 Å². The molecule has 2 aromatic rings. The standard InChI is InChI=1S/C17H21N5O2.ClH/c1-5-22-14(18)12(16(24)20-4)13(23)11-7-6-10(21-15(11)22)8-9-17(2,3)19;/h6-7H,5,18-19H2,1-4H3,(H,20,24);1H. The largest absolute Gasteiger partial charge is 0.384 e. The van der Waals surface area contributed by atoms with E-state index in [1.165, 1.54) is 7.05 Å². The van der Waals surface area contributed by atoms with Gasteiger partial charge in [0.1, 0.15) is 22.7 Å². The van der Waals surface area contributed by atoms with E-state index in [1.807, 2.05) is 6.92 Å². The number of nitrogen functional groups attached to an aromatic ring is 1. The van der Waals surface area contributed by atoms with Gasteiger partial charge < -0.3 is 21.4 Å². The summed E-state index contributed by atoms with van der Waals surface area (Å²) in [6.07, 6.45) is 0. The molecule has 0 bridgehead atoms. The van der Waals surface area contributed by atoms with Crippen molar-refractivity contribution in [1.82, 2.24) is 14.9 Å². The Morgan fingerprint density at radius 2 is 2.04 bits per heavy atom. The van der Waals surface area contributed by atoms with Gasteiger partial charge in [0.25, 0.3) is 5.91 Å². The van der Waals surface area contributed by atoms with Crippen LogP contribution in [0, 0.1) is 11.8 Å². The van der Waals surface area contributed by atoms with Crippen LogP contribution >= 0.6 is 12.4 Å². The molecule has 0 saturated carbocycles. The average molecular weight is 364 g/mol. The van der Waals surface area contributed by atoms with Crippen LogP contribution in [-0.2, 0) is 6.54 Å². The van der Waals surface area contributed by atoms with E-state index < -0.39 is 16.9 Å². The molecule has 2 heterocycles. The number of amides is 1. The molecule has 134 valence electrons. The number of carbonyl (C=O) groups excluding carboxylic acids is 1. The maximum absolute atomic E-state index is 12.6. The summed E-state index contributed by atoms with van der Waals surface area (Å²) in [6.45, 7) is 5.89. The lowest BCUT2D eigenvalue weighted by Crippen LogP contribution is -2.30. The van der Waals surface area contributed by atoms with Gasteiger partial charge in [-0.25, -0.2) is 4.98 Å². The van der Waals surface area contributed by atoms with Gasteiger partial charge in [0.2, 0.25) is 5.43 Å². The van der Waals surface area contributed by atoms with Gasteiger partial charge in [0.05, 0.1) is 10.9 Å². The van der Waals surface area contributed by atoms with E-state index in [0.717, 1.165) is 0 Å². The fourth-order valence-electron chi connectivity index (χ4n) is 2.29. The first-order chi connectivity index (χ1) is 11.2. The van der Waals surface area contributed by atoms with E-state index >= 15 is 0 Å². The Bertz CT molecular complexity index is 932. The number of aromatic nitrogens is 2. The maximum Gasteiger partial charge on any atom is 0.258 e. The Labute approximate surface area is 152 Å². The second kappa shape index (κ2) is 7.55. The van der Waals surface area contributed by atoms with E-state index in [0.29, 0.717) is 23.3 Å². The molecule has 2 rings (SSSR count). The second-order valence-corrected chi connectivity index (χ2v) is 5.95. The highest BCUT2D eigenvalue weighted by Crippen LogP contribution is 2.17. The van der Waals surface area contributed by atoms with E-state index in [2.05, 4.69) is 22.1 Å². The Morgan fingerprint density at radius 1 is 1.40 bits per heavy atom. The van der Waals surface area contributed by atoms with Crippen molar-refractivity contribution in [2.24, 2.45) is 5.73 Å². The van der Waals surface area contributed by atoms with Crippen molar-refractivity contribution in [2.75, 3.05) is 12.8 Å². The molecule has 0 fully saturated rings. The highest BCUT2D eigenvalue weighted by atomic mass is 35.5. The van der Waals surface area contributed by atoms with Crippen LogP contribution in [0.1, 0.15) is 36.8 Å². The first-order valence-electron chi connectivity index (χ1n) is 7.56. The van der Waals surface area contributed by atoms with Gasteiger partial charge in [0.15, 0.2) is 0 Å². The molecule has 5 N–H and O–H groups in total. The van der Waals surface area contributed by atoms with Crippen molar-refractivity contribution < 1.29 is 4.79 Å². The zero-order valence-corrected chi connectivity index (χ0v) is 15.5. The fraction of sp³-hybridized carbons (Fsp3) is 0.353. The number of aryl methyl sites for hydroxylation is 1.